The maximum atomic E-state index is 5.35. The lowest BCUT2D eigenvalue weighted by Crippen LogP contribution is -2.21. The zero-order chi connectivity index (χ0) is 15.4. The molecule has 0 radical (unpaired) electrons. The van der Waals surface area contributed by atoms with Gasteiger partial charge < -0.3 is 19.3 Å². The molecule has 118 valence electrons. The normalized spacial score (nSPS) is 17.6. The van der Waals surface area contributed by atoms with Crippen molar-refractivity contribution in [2.24, 2.45) is 0 Å². The van der Waals surface area contributed by atoms with E-state index in [-0.39, 0.29) is 0 Å². The molecular weight excluding hydrogens is 282 g/mol. The number of hydrogen-bond acceptors (Lipinski definition) is 6. The van der Waals surface area contributed by atoms with E-state index in [0.717, 1.165) is 24.9 Å². The van der Waals surface area contributed by atoms with Crippen molar-refractivity contribution in [1.29, 1.82) is 0 Å². The van der Waals surface area contributed by atoms with Crippen LogP contribution in [0.2, 0.25) is 0 Å². The Hall–Kier alpha value is -2.08. The van der Waals surface area contributed by atoms with Gasteiger partial charge >= 0.3 is 0 Å². The monoisotopic (exact) mass is 303 g/mol. The third-order valence-corrected chi connectivity index (χ3v) is 3.98. The van der Waals surface area contributed by atoms with E-state index in [2.05, 4.69) is 15.5 Å². The number of nitrogens with zero attached hydrogens (tertiary/aromatic N) is 2. The van der Waals surface area contributed by atoms with Crippen LogP contribution in [-0.2, 0) is 6.42 Å². The molecule has 2 heterocycles. The molecule has 0 spiro atoms. The Bertz CT molecular complexity index is 621. The first-order valence-electron chi connectivity index (χ1n) is 7.58. The number of nitrogens with one attached hydrogen (secondary N) is 1. The zero-order valence-corrected chi connectivity index (χ0v) is 13.0. The molecule has 1 N–H and O–H groups in total. The van der Waals surface area contributed by atoms with Crippen molar-refractivity contribution in [3.63, 3.8) is 0 Å². The van der Waals surface area contributed by atoms with Crippen molar-refractivity contribution < 1.29 is 14.0 Å². The topological polar surface area (TPSA) is 69.4 Å². The molecule has 1 aromatic heterocycles. The van der Waals surface area contributed by atoms with Gasteiger partial charge in [0.1, 0.15) is 0 Å². The van der Waals surface area contributed by atoms with E-state index in [0.29, 0.717) is 29.3 Å². The van der Waals surface area contributed by atoms with Gasteiger partial charge in [0, 0.05) is 18.0 Å². The summed E-state index contributed by atoms with van der Waals surface area (Å²) in [6, 6.07) is 6.17. The summed E-state index contributed by atoms with van der Waals surface area (Å²) in [6.45, 7) is 1.12. The summed E-state index contributed by atoms with van der Waals surface area (Å²) in [7, 11) is 3.22. The lowest BCUT2D eigenvalue weighted by Gasteiger charge is -2.07. The van der Waals surface area contributed by atoms with Gasteiger partial charge in [0.15, 0.2) is 11.5 Å². The lowest BCUT2D eigenvalue weighted by molar-refractivity contribution is 0.355. The van der Waals surface area contributed by atoms with Gasteiger partial charge in [-0.1, -0.05) is 5.16 Å². The molecule has 1 aliphatic rings. The Morgan fingerprint density at radius 3 is 2.86 bits per heavy atom. The molecule has 0 aliphatic carbocycles. The quantitative estimate of drug-likeness (QED) is 0.884. The van der Waals surface area contributed by atoms with E-state index < -0.39 is 0 Å². The van der Waals surface area contributed by atoms with Gasteiger partial charge in [-0.25, -0.2) is 0 Å². The molecule has 0 saturated carbocycles. The second kappa shape index (κ2) is 6.79. The van der Waals surface area contributed by atoms with E-state index >= 15 is 0 Å². The molecule has 1 unspecified atom stereocenters. The van der Waals surface area contributed by atoms with Crippen LogP contribution in [0.1, 0.15) is 25.2 Å². The molecule has 1 saturated heterocycles. The highest BCUT2D eigenvalue weighted by Gasteiger charge is 2.16. The molecule has 0 amide bonds. The Balaban J connectivity index is 1.70. The molecule has 6 heteroatoms. The van der Waals surface area contributed by atoms with Gasteiger partial charge in [0.05, 0.1) is 14.2 Å². The molecule has 22 heavy (non-hydrogen) atoms. The molecule has 0 bridgehead atoms. The van der Waals surface area contributed by atoms with Gasteiger partial charge in [-0.2, -0.15) is 4.98 Å². The largest absolute Gasteiger partial charge is 0.493 e. The van der Waals surface area contributed by atoms with Crippen LogP contribution in [-0.4, -0.2) is 36.9 Å². The van der Waals surface area contributed by atoms with Gasteiger partial charge in [-0.3, -0.25) is 0 Å². The van der Waals surface area contributed by atoms with Crippen LogP contribution in [0, 0.1) is 0 Å². The van der Waals surface area contributed by atoms with Crippen molar-refractivity contribution in [3.8, 4) is 22.9 Å². The summed E-state index contributed by atoms with van der Waals surface area (Å²) >= 11 is 0. The van der Waals surface area contributed by atoms with Gasteiger partial charge in [0.25, 0.3) is 0 Å². The van der Waals surface area contributed by atoms with Crippen molar-refractivity contribution in [2.75, 3.05) is 20.8 Å². The number of rotatable bonds is 6. The third kappa shape index (κ3) is 3.22. The highest BCUT2D eigenvalue weighted by Crippen LogP contribution is 2.31. The third-order valence-electron chi connectivity index (χ3n) is 3.98. The average molecular weight is 303 g/mol. The van der Waals surface area contributed by atoms with Crippen LogP contribution in [0.15, 0.2) is 22.7 Å². The maximum Gasteiger partial charge on any atom is 0.227 e. The zero-order valence-electron chi connectivity index (χ0n) is 13.0. The summed E-state index contributed by atoms with van der Waals surface area (Å²) in [5.41, 5.74) is 0.853. The Labute approximate surface area is 129 Å². The first-order chi connectivity index (χ1) is 10.8. The van der Waals surface area contributed by atoms with Crippen molar-refractivity contribution in [1.82, 2.24) is 15.5 Å². The standard InChI is InChI=1S/C16H21N3O3/c1-20-13-7-5-11(10-14(13)21-2)16-18-15(22-19-16)8-6-12-4-3-9-17-12/h5,7,10,12,17H,3-4,6,8-9H2,1-2H3. The number of aryl methyl sites for hydroxylation is 1. The van der Waals surface area contributed by atoms with Crippen LogP contribution in [0.5, 0.6) is 11.5 Å². The highest BCUT2D eigenvalue weighted by molar-refractivity contribution is 5.60. The van der Waals surface area contributed by atoms with E-state index in [4.69, 9.17) is 14.0 Å². The van der Waals surface area contributed by atoms with Gasteiger partial charge in [-0.15, -0.1) is 0 Å². The van der Waals surface area contributed by atoms with E-state index in [1.54, 1.807) is 14.2 Å². The van der Waals surface area contributed by atoms with Crippen LogP contribution < -0.4 is 14.8 Å². The lowest BCUT2D eigenvalue weighted by atomic mass is 10.1. The number of aromatic nitrogens is 2. The first-order valence-corrected chi connectivity index (χ1v) is 7.58. The fraction of sp³-hybridized carbons (Fsp3) is 0.500. The summed E-state index contributed by atoms with van der Waals surface area (Å²) in [5, 5.41) is 7.53. The predicted molar refractivity (Wildman–Crippen MR) is 82.2 cm³/mol. The minimum atomic E-state index is 0.579. The maximum absolute atomic E-state index is 5.35. The smallest absolute Gasteiger partial charge is 0.227 e. The van der Waals surface area contributed by atoms with Gasteiger partial charge in [-0.05, 0) is 44.0 Å². The summed E-state index contributed by atoms with van der Waals surface area (Å²) in [5.74, 6) is 2.60. The highest BCUT2D eigenvalue weighted by atomic mass is 16.5. The number of methoxy groups -OCH3 is 2. The second-order valence-electron chi connectivity index (χ2n) is 5.41. The molecule has 2 aromatic rings. The fourth-order valence-electron chi connectivity index (χ4n) is 2.75. The number of hydrogen-bond donors (Lipinski definition) is 1. The Kier molecular flexibility index (Phi) is 4.58. The summed E-state index contributed by atoms with van der Waals surface area (Å²) in [6.07, 6.45) is 4.33. The van der Waals surface area contributed by atoms with Crippen LogP contribution in [0.25, 0.3) is 11.4 Å². The molecule has 6 nitrogen and oxygen atoms in total. The van der Waals surface area contributed by atoms with E-state index in [1.165, 1.54) is 12.8 Å². The molecule has 1 aliphatic heterocycles. The fourth-order valence-corrected chi connectivity index (χ4v) is 2.75. The van der Waals surface area contributed by atoms with Crippen molar-refractivity contribution in [2.45, 2.75) is 31.7 Å². The summed E-state index contributed by atoms with van der Waals surface area (Å²) < 4.78 is 15.9. The Morgan fingerprint density at radius 2 is 2.14 bits per heavy atom. The van der Waals surface area contributed by atoms with Crippen LogP contribution >= 0.6 is 0 Å². The first kappa shape index (κ1) is 14.8. The summed E-state index contributed by atoms with van der Waals surface area (Å²) in [4.78, 5) is 4.47. The Morgan fingerprint density at radius 1 is 1.27 bits per heavy atom. The molecule has 1 atom stereocenters. The number of benzene rings is 1. The SMILES string of the molecule is COc1ccc(-c2noc(CCC3CCCN3)n2)cc1OC. The molecule has 1 fully saturated rings. The van der Waals surface area contributed by atoms with Crippen LogP contribution in [0.3, 0.4) is 0 Å². The number of ether oxygens (including phenoxy) is 2. The predicted octanol–water partition coefficient (Wildman–Crippen LogP) is 2.44. The van der Waals surface area contributed by atoms with Gasteiger partial charge in [0.2, 0.25) is 11.7 Å². The minimum Gasteiger partial charge on any atom is -0.493 e. The molecule has 3 rings (SSSR count). The van der Waals surface area contributed by atoms with Crippen molar-refractivity contribution >= 4 is 0 Å². The van der Waals surface area contributed by atoms with Crippen LogP contribution in [0.4, 0.5) is 0 Å². The van der Waals surface area contributed by atoms with Crippen molar-refractivity contribution in [3.05, 3.63) is 24.1 Å². The molecule has 1 aromatic carbocycles. The van der Waals surface area contributed by atoms with E-state index in [1.807, 2.05) is 18.2 Å². The average Bonchev–Trinajstić information content (AvgIpc) is 3.23. The molecular formula is C16H21N3O3. The minimum absolute atomic E-state index is 0.579. The van der Waals surface area contributed by atoms with E-state index in [9.17, 15) is 0 Å². The second-order valence-corrected chi connectivity index (χ2v) is 5.41.